The molecule has 0 saturated carbocycles. The third-order valence-corrected chi connectivity index (χ3v) is 18.5. The number of nitrogens with zero attached hydrogens (tertiary/aromatic N) is 2. The number of aryl methyl sites for hydroxylation is 1. The van der Waals surface area contributed by atoms with Crippen LogP contribution in [-0.2, 0) is 11.8 Å². The minimum atomic E-state index is -0.703. The fourth-order valence-electron chi connectivity index (χ4n) is 15.0. The standard InChI is InChI=1S/C81H52N2O2/c1-3-23-51(24-4-1)56-27-11-17-39-71(56)82(73-41-21-35-64-61-32-13-19-43-76(61)84-79(64)73)55-46-45-53-48-66-69(49-54(53)47-55)81(67-37-15-9-29-58(67)59-30-10-16-38-68(59)81)70-50-75(60-31-7-8-34-63(60)78(66)70)83(72-40-18-12-28-57(72)52-25-5-2-6-26-52)74-42-22-36-65-62-33-14-20-44-77(62)85-80(65)74/h1-13,15-32,34-50H,14,33H2. The van der Waals surface area contributed by atoms with Gasteiger partial charge in [-0.1, -0.05) is 224 Å². The number of benzene rings is 13. The van der Waals surface area contributed by atoms with Gasteiger partial charge in [-0.3, -0.25) is 0 Å². The molecule has 0 bridgehead atoms. The third kappa shape index (κ3) is 6.91. The van der Waals surface area contributed by atoms with Crippen molar-refractivity contribution in [3.05, 3.63) is 319 Å². The Morgan fingerprint density at radius 1 is 0.329 bits per heavy atom. The molecule has 2 heterocycles. The zero-order chi connectivity index (χ0) is 55.7. The maximum Gasteiger partial charge on any atom is 0.159 e. The predicted molar refractivity (Wildman–Crippen MR) is 352 cm³/mol. The van der Waals surface area contributed by atoms with Crippen molar-refractivity contribution in [2.24, 2.45) is 0 Å². The third-order valence-electron chi connectivity index (χ3n) is 18.5. The number of fused-ring (bicyclic) bond motifs is 19. The van der Waals surface area contributed by atoms with Crippen LogP contribution in [0.1, 0.15) is 40.0 Å². The molecule has 3 aliphatic rings. The lowest BCUT2D eigenvalue weighted by Gasteiger charge is -2.33. The molecular formula is C81H52N2O2. The molecule has 0 N–H and O–H groups in total. The van der Waals surface area contributed by atoms with Gasteiger partial charge in [0.25, 0.3) is 0 Å². The van der Waals surface area contributed by atoms with Crippen LogP contribution in [-0.4, -0.2) is 0 Å². The molecule has 0 aliphatic heterocycles. The maximum absolute atomic E-state index is 7.09. The molecule has 4 heteroatoms. The summed E-state index contributed by atoms with van der Waals surface area (Å²) in [6, 6.07) is 103. The van der Waals surface area contributed by atoms with Crippen LogP contribution in [0.15, 0.2) is 294 Å². The molecule has 1 spiro atoms. The first kappa shape index (κ1) is 47.7. The van der Waals surface area contributed by atoms with E-state index in [0.717, 1.165) is 124 Å². The monoisotopic (exact) mass is 1080 g/mol. The Labute approximate surface area is 492 Å². The second-order valence-corrected chi connectivity index (χ2v) is 22.9. The van der Waals surface area contributed by atoms with E-state index in [9.17, 15) is 0 Å². The van der Waals surface area contributed by atoms with Gasteiger partial charge < -0.3 is 18.6 Å². The van der Waals surface area contributed by atoms with E-state index in [4.69, 9.17) is 8.83 Å². The van der Waals surface area contributed by atoms with Gasteiger partial charge in [0.05, 0.1) is 33.9 Å². The number of hydrogen-bond acceptors (Lipinski definition) is 4. The van der Waals surface area contributed by atoms with Crippen molar-refractivity contribution >= 4 is 94.7 Å². The molecule has 18 rings (SSSR count). The van der Waals surface area contributed by atoms with Gasteiger partial charge in [0, 0.05) is 43.9 Å². The smallest absolute Gasteiger partial charge is 0.159 e. The highest BCUT2D eigenvalue weighted by Crippen LogP contribution is 2.66. The van der Waals surface area contributed by atoms with E-state index in [0.29, 0.717) is 0 Å². The van der Waals surface area contributed by atoms with Crippen molar-refractivity contribution in [2.45, 2.75) is 18.3 Å². The van der Waals surface area contributed by atoms with Crippen molar-refractivity contribution in [3.63, 3.8) is 0 Å². The van der Waals surface area contributed by atoms with E-state index in [1.54, 1.807) is 0 Å². The number of rotatable bonds is 8. The fraction of sp³-hybridized carbons (Fsp3) is 0.0370. The van der Waals surface area contributed by atoms with E-state index in [2.05, 4.69) is 301 Å². The SMILES string of the molecule is C1=Cc2oc3c(N(c4ccccc4-c4ccccc4)c4cc5c(c6ccccc46)-c4cc6ccc(N(c7ccccc7-c7ccccc7)c7cccc8c7oc7ccccc78)cc6cc4C54c5ccccc5-c5ccccc54)cccc3c2CC1. The Morgan fingerprint density at radius 3 is 1.60 bits per heavy atom. The number of furan rings is 2. The van der Waals surface area contributed by atoms with Gasteiger partial charge in [-0.15, -0.1) is 0 Å². The minimum absolute atomic E-state index is 0.703. The summed E-state index contributed by atoms with van der Waals surface area (Å²) in [4.78, 5) is 4.93. The molecule has 398 valence electrons. The predicted octanol–water partition coefficient (Wildman–Crippen LogP) is 22.2. The topological polar surface area (TPSA) is 32.8 Å². The lowest BCUT2D eigenvalue weighted by Crippen LogP contribution is -2.26. The second-order valence-electron chi connectivity index (χ2n) is 22.9. The molecule has 0 amide bonds. The van der Waals surface area contributed by atoms with E-state index >= 15 is 0 Å². The molecule has 15 aromatic rings. The lowest BCUT2D eigenvalue weighted by atomic mass is 9.70. The number of hydrogen-bond donors (Lipinski definition) is 0. The summed E-state index contributed by atoms with van der Waals surface area (Å²) in [5, 5.41) is 8.01. The molecule has 0 unspecified atom stereocenters. The molecule has 85 heavy (non-hydrogen) atoms. The lowest BCUT2D eigenvalue weighted by molar-refractivity contribution is 0.596. The summed E-state index contributed by atoms with van der Waals surface area (Å²) in [6.07, 6.45) is 6.34. The highest BCUT2D eigenvalue weighted by Gasteiger charge is 2.53. The Kier molecular flexibility index (Phi) is 10.4. The van der Waals surface area contributed by atoms with Crippen LogP contribution in [0.2, 0.25) is 0 Å². The van der Waals surface area contributed by atoms with E-state index in [1.807, 2.05) is 0 Å². The van der Waals surface area contributed by atoms with Crippen molar-refractivity contribution in [2.75, 3.05) is 9.80 Å². The number of anilines is 6. The average molecular weight is 1090 g/mol. The maximum atomic E-state index is 7.09. The van der Waals surface area contributed by atoms with E-state index in [-0.39, 0.29) is 0 Å². The normalized spacial score (nSPS) is 13.4. The van der Waals surface area contributed by atoms with Crippen LogP contribution in [0.5, 0.6) is 0 Å². The Morgan fingerprint density at radius 2 is 0.882 bits per heavy atom. The van der Waals surface area contributed by atoms with Crippen molar-refractivity contribution in [1.82, 2.24) is 0 Å². The summed E-state index contributed by atoms with van der Waals surface area (Å²) < 4.78 is 14.0. The minimum Gasteiger partial charge on any atom is -0.454 e. The highest BCUT2D eigenvalue weighted by atomic mass is 16.3. The van der Waals surface area contributed by atoms with Crippen LogP contribution < -0.4 is 9.80 Å². The first-order valence-electron chi connectivity index (χ1n) is 29.5. The Balaban J connectivity index is 0.926. The highest BCUT2D eigenvalue weighted by molar-refractivity contribution is 6.16. The summed E-state index contributed by atoms with van der Waals surface area (Å²) >= 11 is 0. The molecule has 2 aromatic heterocycles. The molecule has 0 atom stereocenters. The summed E-state index contributed by atoms with van der Waals surface area (Å²) in [5.41, 5.74) is 24.1. The van der Waals surface area contributed by atoms with Gasteiger partial charge in [0.1, 0.15) is 11.3 Å². The quantitative estimate of drug-likeness (QED) is 0.152. The van der Waals surface area contributed by atoms with E-state index in [1.165, 1.54) is 55.5 Å². The zero-order valence-corrected chi connectivity index (χ0v) is 46.3. The van der Waals surface area contributed by atoms with Gasteiger partial charge in [0.15, 0.2) is 11.2 Å². The largest absolute Gasteiger partial charge is 0.454 e. The molecule has 4 nitrogen and oxygen atoms in total. The Bertz CT molecular complexity index is 5230. The molecular weight excluding hydrogens is 1030 g/mol. The van der Waals surface area contributed by atoms with Crippen molar-refractivity contribution in [1.29, 1.82) is 0 Å². The van der Waals surface area contributed by atoms with Crippen LogP contribution in [0.3, 0.4) is 0 Å². The Hall–Kier alpha value is -10.9. The fourth-order valence-corrected chi connectivity index (χ4v) is 15.0. The van der Waals surface area contributed by atoms with Gasteiger partial charge >= 0.3 is 0 Å². The number of para-hydroxylation sites is 5. The molecule has 3 aliphatic carbocycles. The molecule has 13 aromatic carbocycles. The zero-order valence-electron chi connectivity index (χ0n) is 46.3. The second kappa shape index (κ2) is 18.5. The van der Waals surface area contributed by atoms with Gasteiger partial charge in [-0.05, 0) is 151 Å². The van der Waals surface area contributed by atoms with Gasteiger partial charge in [-0.25, -0.2) is 0 Å². The van der Waals surface area contributed by atoms with E-state index < -0.39 is 5.41 Å². The van der Waals surface area contributed by atoms with Crippen LogP contribution in [0.4, 0.5) is 34.1 Å². The molecule has 0 saturated heterocycles. The molecule has 0 radical (unpaired) electrons. The van der Waals surface area contributed by atoms with Crippen LogP contribution >= 0.6 is 0 Å². The summed E-state index contributed by atoms with van der Waals surface area (Å²) in [5.74, 6) is 0.947. The molecule has 0 fully saturated rings. The first-order chi connectivity index (χ1) is 42.2. The average Bonchev–Trinajstić information content (AvgIpc) is 1.63. The summed E-state index contributed by atoms with van der Waals surface area (Å²) in [7, 11) is 0. The van der Waals surface area contributed by atoms with Crippen molar-refractivity contribution < 1.29 is 8.83 Å². The van der Waals surface area contributed by atoms with Gasteiger partial charge in [0.2, 0.25) is 0 Å². The summed E-state index contributed by atoms with van der Waals surface area (Å²) in [6.45, 7) is 0. The van der Waals surface area contributed by atoms with Gasteiger partial charge in [-0.2, -0.15) is 0 Å². The van der Waals surface area contributed by atoms with Crippen LogP contribution in [0, 0.1) is 0 Å². The number of allylic oxidation sites excluding steroid dienone is 1. The van der Waals surface area contributed by atoms with Crippen molar-refractivity contribution in [3.8, 4) is 44.5 Å². The van der Waals surface area contributed by atoms with Crippen LogP contribution in [0.25, 0.3) is 105 Å². The first-order valence-corrected chi connectivity index (χ1v) is 29.5.